The molecule has 0 fully saturated rings. The smallest absolute Gasteiger partial charge is 0.351 e. The molecular formula is C9H11N3O2. The van der Waals surface area contributed by atoms with Crippen molar-refractivity contribution >= 4 is 17.5 Å². The van der Waals surface area contributed by atoms with Crippen molar-refractivity contribution in [2.75, 3.05) is 5.43 Å². The van der Waals surface area contributed by atoms with Gasteiger partial charge in [0.15, 0.2) is 0 Å². The molecule has 14 heavy (non-hydrogen) atoms. The summed E-state index contributed by atoms with van der Waals surface area (Å²) in [6.45, 7) is 3.25. The lowest BCUT2D eigenvalue weighted by atomic mass is 10.4. The van der Waals surface area contributed by atoms with Crippen LogP contribution >= 0.6 is 0 Å². The highest BCUT2D eigenvalue weighted by Gasteiger charge is 2.00. The fraction of sp³-hybridized carbons (Fsp3) is 0.222. The van der Waals surface area contributed by atoms with Gasteiger partial charge >= 0.3 is 5.97 Å². The molecule has 5 heteroatoms. The van der Waals surface area contributed by atoms with Gasteiger partial charge in [-0.3, -0.25) is 5.43 Å². The topological polar surface area (TPSA) is 74.6 Å². The molecule has 0 spiro atoms. The molecule has 0 aliphatic carbocycles. The maximum atomic E-state index is 10.4. The van der Waals surface area contributed by atoms with Crippen LogP contribution in [-0.4, -0.2) is 21.8 Å². The molecule has 0 saturated heterocycles. The first-order valence-electron chi connectivity index (χ1n) is 4.07. The first-order valence-corrected chi connectivity index (χ1v) is 4.07. The monoisotopic (exact) mass is 193 g/mol. The van der Waals surface area contributed by atoms with Gasteiger partial charge in [0.2, 0.25) is 0 Å². The summed E-state index contributed by atoms with van der Waals surface area (Å²) in [6, 6.07) is 5.38. The highest BCUT2D eigenvalue weighted by molar-refractivity contribution is 6.34. The molecule has 1 aromatic heterocycles. The molecule has 74 valence electrons. The first kappa shape index (κ1) is 10.2. The van der Waals surface area contributed by atoms with Crippen LogP contribution in [0, 0.1) is 6.92 Å². The van der Waals surface area contributed by atoms with Gasteiger partial charge in [0.1, 0.15) is 11.5 Å². The lowest BCUT2D eigenvalue weighted by Crippen LogP contribution is -2.10. The molecule has 0 aliphatic heterocycles. The van der Waals surface area contributed by atoms with Crippen molar-refractivity contribution in [1.82, 2.24) is 4.98 Å². The van der Waals surface area contributed by atoms with E-state index in [9.17, 15) is 4.79 Å². The van der Waals surface area contributed by atoms with E-state index in [1.54, 1.807) is 6.07 Å². The summed E-state index contributed by atoms with van der Waals surface area (Å²) >= 11 is 0. The van der Waals surface area contributed by atoms with Gasteiger partial charge < -0.3 is 5.11 Å². The number of carboxylic acids is 1. The van der Waals surface area contributed by atoms with Crippen molar-refractivity contribution in [3.05, 3.63) is 23.9 Å². The van der Waals surface area contributed by atoms with Crippen LogP contribution in [0.25, 0.3) is 0 Å². The third-order valence-corrected chi connectivity index (χ3v) is 1.54. The van der Waals surface area contributed by atoms with Gasteiger partial charge in [-0.05, 0) is 26.0 Å². The first-order chi connectivity index (χ1) is 6.59. The number of aromatic nitrogens is 1. The standard InChI is InChI=1S/C9H11N3O2/c1-6-4-3-5-8(10-6)12-11-7(2)9(13)14/h3-5H,1-2H3,(H,10,12)(H,13,14)/b11-7+. The Bertz CT molecular complexity index is 374. The molecule has 1 heterocycles. The number of anilines is 1. The van der Waals surface area contributed by atoms with Crippen LogP contribution in [0.1, 0.15) is 12.6 Å². The van der Waals surface area contributed by atoms with Gasteiger partial charge in [-0.1, -0.05) is 6.07 Å². The number of aliphatic carboxylic acids is 1. The average Bonchev–Trinajstić information content (AvgIpc) is 2.14. The number of aryl methyl sites for hydroxylation is 1. The summed E-state index contributed by atoms with van der Waals surface area (Å²) in [6.07, 6.45) is 0. The minimum absolute atomic E-state index is 0.00620. The molecule has 0 aromatic carbocycles. The van der Waals surface area contributed by atoms with E-state index in [0.29, 0.717) is 5.82 Å². The summed E-state index contributed by atoms with van der Waals surface area (Å²) in [5, 5.41) is 12.2. The number of hydrogen-bond acceptors (Lipinski definition) is 4. The minimum atomic E-state index is -1.05. The third-order valence-electron chi connectivity index (χ3n) is 1.54. The van der Waals surface area contributed by atoms with E-state index in [4.69, 9.17) is 5.11 Å². The van der Waals surface area contributed by atoms with Crippen LogP contribution in [0.5, 0.6) is 0 Å². The van der Waals surface area contributed by atoms with E-state index in [2.05, 4.69) is 15.5 Å². The number of nitrogens with one attached hydrogen (secondary N) is 1. The predicted molar refractivity (Wildman–Crippen MR) is 53.3 cm³/mol. The summed E-state index contributed by atoms with van der Waals surface area (Å²) in [5.41, 5.74) is 3.40. The van der Waals surface area contributed by atoms with Crippen molar-refractivity contribution in [3.8, 4) is 0 Å². The van der Waals surface area contributed by atoms with Gasteiger partial charge in [-0.2, -0.15) is 5.10 Å². The molecule has 2 N–H and O–H groups in total. The Morgan fingerprint density at radius 1 is 1.57 bits per heavy atom. The lowest BCUT2D eigenvalue weighted by molar-refractivity contribution is -0.129. The van der Waals surface area contributed by atoms with E-state index in [-0.39, 0.29) is 5.71 Å². The highest BCUT2D eigenvalue weighted by Crippen LogP contribution is 2.03. The fourth-order valence-electron chi connectivity index (χ4n) is 0.794. The maximum absolute atomic E-state index is 10.4. The van der Waals surface area contributed by atoms with Crippen LogP contribution in [0.4, 0.5) is 5.82 Å². The van der Waals surface area contributed by atoms with Gasteiger partial charge in [0, 0.05) is 5.69 Å². The second-order valence-corrected chi connectivity index (χ2v) is 2.78. The van der Waals surface area contributed by atoms with Crippen LogP contribution < -0.4 is 5.43 Å². The third kappa shape index (κ3) is 2.85. The van der Waals surface area contributed by atoms with Crippen molar-refractivity contribution in [3.63, 3.8) is 0 Å². The number of nitrogens with zero attached hydrogens (tertiary/aromatic N) is 2. The highest BCUT2D eigenvalue weighted by atomic mass is 16.4. The Kier molecular flexibility index (Phi) is 3.17. The zero-order valence-electron chi connectivity index (χ0n) is 7.98. The Morgan fingerprint density at radius 2 is 2.29 bits per heavy atom. The zero-order chi connectivity index (χ0) is 10.6. The Balaban J connectivity index is 2.71. The average molecular weight is 193 g/mol. The van der Waals surface area contributed by atoms with Gasteiger partial charge in [-0.15, -0.1) is 0 Å². The van der Waals surface area contributed by atoms with Gasteiger partial charge in [-0.25, -0.2) is 9.78 Å². The summed E-state index contributed by atoms with van der Waals surface area (Å²) in [7, 11) is 0. The molecular weight excluding hydrogens is 182 g/mol. The number of hydrazone groups is 1. The summed E-state index contributed by atoms with van der Waals surface area (Å²) in [5.74, 6) is -0.518. The Hall–Kier alpha value is -1.91. The minimum Gasteiger partial charge on any atom is -0.477 e. The molecule has 0 bridgehead atoms. The predicted octanol–water partition coefficient (Wildman–Crippen LogP) is 1.26. The van der Waals surface area contributed by atoms with E-state index < -0.39 is 5.97 Å². The molecule has 1 aromatic rings. The number of carbonyl (C=O) groups is 1. The molecule has 0 unspecified atom stereocenters. The normalized spacial score (nSPS) is 11.1. The van der Waals surface area contributed by atoms with Crippen molar-refractivity contribution in [2.24, 2.45) is 5.10 Å². The van der Waals surface area contributed by atoms with Crippen molar-refractivity contribution in [2.45, 2.75) is 13.8 Å². The van der Waals surface area contributed by atoms with Crippen LogP contribution in [0.2, 0.25) is 0 Å². The maximum Gasteiger partial charge on any atom is 0.351 e. The second-order valence-electron chi connectivity index (χ2n) is 2.78. The molecule has 0 aliphatic rings. The number of pyridine rings is 1. The Labute approximate surface area is 81.5 Å². The number of rotatable bonds is 3. The molecule has 5 nitrogen and oxygen atoms in total. The quantitative estimate of drug-likeness (QED) is 0.559. The van der Waals surface area contributed by atoms with E-state index in [0.717, 1.165) is 5.69 Å². The zero-order valence-corrected chi connectivity index (χ0v) is 7.98. The Morgan fingerprint density at radius 3 is 2.86 bits per heavy atom. The van der Waals surface area contributed by atoms with E-state index in [1.807, 2.05) is 19.1 Å². The summed E-state index contributed by atoms with van der Waals surface area (Å²) < 4.78 is 0. The van der Waals surface area contributed by atoms with E-state index in [1.165, 1.54) is 6.92 Å². The SMILES string of the molecule is C/C(=N\Nc1cccc(C)n1)C(=O)O. The molecule has 0 radical (unpaired) electrons. The largest absolute Gasteiger partial charge is 0.477 e. The second kappa shape index (κ2) is 4.36. The van der Waals surface area contributed by atoms with Crippen LogP contribution in [-0.2, 0) is 4.79 Å². The molecule has 0 saturated carbocycles. The fourth-order valence-corrected chi connectivity index (χ4v) is 0.794. The van der Waals surface area contributed by atoms with Crippen LogP contribution in [0.15, 0.2) is 23.3 Å². The van der Waals surface area contributed by atoms with Crippen molar-refractivity contribution < 1.29 is 9.90 Å². The molecule has 1 rings (SSSR count). The van der Waals surface area contributed by atoms with Gasteiger partial charge in [0.05, 0.1) is 0 Å². The number of hydrogen-bond donors (Lipinski definition) is 2. The number of carboxylic acid groups (broad SMARTS) is 1. The molecule has 0 amide bonds. The summed E-state index contributed by atoms with van der Waals surface area (Å²) in [4.78, 5) is 14.5. The lowest BCUT2D eigenvalue weighted by Gasteiger charge is -2.00. The van der Waals surface area contributed by atoms with Gasteiger partial charge in [0.25, 0.3) is 0 Å². The van der Waals surface area contributed by atoms with Crippen LogP contribution in [0.3, 0.4) is 0 Å². The van der Waals surface area contributed by atoms with E-state index >= 15 is 0 Å². The molecule has 0 atom stereocenters. The van der Waals surface area contributed by atoms with Crippen molar-refractivity contribution in [1.29, 1.82) is 0 Å².